The normalized spacial score (nSPS) is 26.4. The van der Waals surface area contributed by atoms with Crippen molar-refractivity contribution in [2.45, 2.75) is 32.6 Å². The first kappa shape index (κ1) is 10.4. The van der Waals surface area contributed by atoms with Crippen LogP contribution in [0.2, 0.25) is 0 Å². The molecule has 2 fully saturated rings. The summed E-state index contributed by atoms with van der Waals surface area (Å²) in [5.74, 6) is 1.01. The molecule has 0 N–H and O–H groups in total. The van der Waals surface area contributed by atoms with Gasteiger partial charge in [-0.05, 0) is 31.8 Å². The molecule has 2 heteroatoms. The number of likely N-dealkylation sites (tertiary alicyclic amines) is 2. The van der Waals surface area contributed by atoms with Gasteiger partial charge in [0, 0.05) is 26.2 Å². The van der Waals surface area contributed by atoms with Crippen molar-refractivity contribution in [3.05, 3.63) is 0 Å². The Morgan fingerprint density at radius 3 is 2.21 bits per heavy atom. The van der Waals surface area contributed by atoms with Gasteiger partial charge >= 0.3 is 0 Å². The summed E-state index contributed by atoms with van der Waals surface area (Å²) in [6.07, 6.45) is 5.69. The molecule has 0 atom stereocenters. The molecule has 2 saturated heterocycles. The van der Waals surface area contributed by atoms with E-state index in [9.17, 15) is 0 Å². The second-order valence-electron chi connectivity index (χ2n) is 4.94. The molecule has 0 saturated carbocycles. The lowest BCUT2D eigenvalue weighted by molar-refractivity contribution is 0.0793. The summed E-state index contributed by atoms with van der Waals surface area (Å²) in [5, 5.41) is 0. The summed E-state index contributed by atoms with van der Waals surface area (Å²) in [4.78, 5) is 5.26. The number of piperidine rings is 1. The fourth-order valence-electron chi connectivity index (χ4n) is 2.58. The lowest BCUT2D eigenvalue weighted by atomic mass is 9.97. The fourth-order valence-corrected chi connectivity index (χ4v) is 2.58. The van der Waals surface area contributed by atoms with Crippen LogP contribution in [-0.2, 0) is 0 Å². The van der Waals surface area contributed by atoms with Crippen molar-refractivity contribution in [1.29, 1.82) is 0 Å². The topological polar surface area (TPSA) is 6.48 Å². The molecule has 2 nitrogen and oxygen atoms in total. The van der Waals surface area contributed by atoms with E-state index in [0.717, 1.165) is 5.92 Å². The maximum Gasteiger partial charge on any atom is 0.0110 e. The summed E-state index contributed by atoms with van der Waals surface area (Å²) >= 11 is 0. The second-order valence-corrected chi connectivity index (χ2v) is 4.94. The van der Waals surface area contributed by atoms with E-state index < -0.39 is 0 Å². The zero-order chi connectivity index (χ0) is 9.80. The maximum absolute atomic E-state index is 2.64. The van der Waals surface area contributed by atoms with Crippen molar-refractivity contribution in [2.24, 2.45) is 5.92 Å². The Kier molecular flexibility index (Phi) is 3.82. The minimum Gasteiger partial charge on any atom is -0.302 e. The minimum atomic E-state index is 1.01. The van der Waals surface area contributed by atoms with Crippen LogP contribution in [0.5, 0.6) is 0 Å². The van der Waals surface area contributed by atoms with Crippen LogP contribution in [0.1, 0.15) is 32.6 Å². The van der Waals surface area contributed by atoms with Crippen molar-refractivity contribution in [3.63, 3.8) is 0 Å². The molecule has 82 valence electrons. The Morgan fingerprint density at radius 1 is 0.929 bits per heavy atom. The van der Waals surface area contributed by atoms with E-state index >= 15 is 0 Å². The first-order valence-electron chi connectivity index (χ1n) is 6.33. The molecule has 2 rings (SSSR count). The molecule has 2 aliphatic rings. The first-order chi connectivity index (χ1) is 6.88. The van der Waals surface area contributed by atoms with Crippen LogP contribution in [0.15, 0.2) is 0 Å². The van der Waals surface area contributed by atoms with Crippen LogP contribution in [0.3, 0.4) is 0 Å². The standard InChI is InChI=1S/C12H24N2/c1-2-12-10-14(11-12)9-8-13-6-4-3-5-7-13/h12H,2-11H2,1H3. The average molecular weight is 196 g/mol. The summed E-state index contributed by atoms with van der Waals surface area (Å²) in [5.41, 5.74) is 0. The fraction of sp³-hybridized carbons (Fsp3) is 1.00. The van der Waals surface area contributed by atoms with Crippen LogP contribution in [0, 0.1) is 5.92 Å². The molecule has 0 bridgehead atoms. The molecule has 0 aromatic carbocycles. The lowest BCUT2D eigenvalue weighted by Crippen LogP contribution is -2.49. The largest absolute Gasteiger partial charge is 0.302 e. The van der Waals surface area contributed by atoms with Gasteiger partial charge in [0.15, 0.2) is 0 Å². The summed E-state index contributed by atoms with van der Waals surface area (Å²) < 4.78 is 0. The third-order valence-electron chi connectivity index (χ3n) is 3.79. The molecule has 2 aliphatic heterocycles. The van der Waals surface area contributed by atoms with Crippen molar-refractivity contribution in [3.8, 4) is 0 Å². The van der Waals surface area contributed by atoms with Crippen molar-refractivity contribution >= 4 is 0 Å². The van der Waals surface area contributed by atoms with Gasteiger partial charge in [-0.1, -0.05) is 19.8 Å². The zero-order valence-corrected chi connectivity index (χ0v) is 9.54. The molecule has 14 heavy (non-hydrogen) atoms. The average Bonchev–Trinajstić information content (AvgIpc) is 2.17. The van der Waals surface area contributed by atoms with Crippen molar-refractivity contribution in [1.82, 2.24) is 9.80 Å². The van der Waals surface area contributed by atoms with Crippen molar-refractivity contribution < 1.29 is 0 Å². The number of nitrogens with zero attached hydrogens (tertiary/aromatic N) is 2. The smallest absolute Gasteiger partial charge is 0.0110 e. The van der Waals surface area contributed by atoms with Gasteiger partial charge in [0.1, 0.15) is 0 Å². The molecule has 0 amide bonds. The Balaban J connectivity index is 1.54. The summed E-state index contributed by atoms with van der Waals surface area (Å²) in [6.45, 7) is 10.4. The van der Waals surface area contributed by atoms with Crippen LogP contribution < -0.4 is 0 Å². The summed E-state index contributed by atoms with van der Waals surface area (Å²) in [6, 6.07) is 0. The Morgan fingerprint density at radius 2 is 1.57 bits per heavy atom. The highest BCUT2D eigenvalue weighted by molar-refractivity contribution is 4.79. The predicted octanol–water partition coefficient (Wildman–Crippen LogP) is 1.81. The molecule has 0 aromatic rings. The van der Waals surface area contributed by atoms with Gasteiger partial charge in [0.05, 0.1) is 0 Å². The van der Waals surface area contributed by atoms with E-state index in [1.54, 1.807) is 0 Å². The van der Waals surface area contributed by atoms with Crippen molar-refractivity contribution in [2.75, 3.05) is 39.3 Å². The third kappa shape index (κ3) is 2.71. The van der Waals surface area contributed by atoms with Crippen LogP contribution in [0.4, 0.5) is 0 Å². The third-order valence-corrected chi connectivity index (χ3v) is 3.79. The molecule has 0 aliphatic carbocycles. The Labute approximate surface area is 88.3 Å². The molecule has 0 aromatic heterocycles. The van der Waals surface area contributed by atoms with Gasteiger partial charge in [-0.2, -0.15) is 0 Å². The highest BCUT2D eigenvalue weighted by atomic mass is 15.2. The van der Waals surface area contributed by atoms with E-state index in [2.05, 4.69) is 16.7 Å². The molecule has 0 unspecified atom stereocenters. The number of rotatable bonds is 4. The van der Waals surface area contributed by atoms with Crippen LogP contribution >= 0.6 is 0 Å². The Bertz CT molecular complexity index is 158. The molecular formula is C12H24N2. The molecule has 0 spiro atoms. The van der Waals surface area contributed by atoms with E-state index in [1.807, 2.05) is 0 Å². The predicted molar refractivity (Wildman–Crippen MR) is 60.5 cm³/mol. The van der Waals surface area contributed by atoms with Gasteiger partial charge < -0.3 is 9.80 Å². The van der Waals surface area contributed by atoms with Gasteiger partial charge in [-0.3, -0.25) is 0 Å². The van der Waals surface area contributed by atoms with Gasteiger partial charge in [0.25, 0.3) is 0 Å². The monoisotopic (exact) mass is 196 g/mol. The quantitative estimate of drug-likeness (QED) is 0.676. The van der Waals surface area contributed by atoms with Crippen LogP contribution in [-0.4, -0.2) is 49.1 Å². The van der Waals surface area contributed by atoms with E-state index in [1.165, 1.54) is 65.0 Å². The first-order valence-corrected chi connectivity index (χ1v) is 6.33. The second kappa shape index (κ2) is 5.13. The van der Waals surface area contributed by atoms with Gasteiger partial charge in [-0.15, -0.1) is 0 Å². The van der Waals surface area contributed by atoms with E-state index in [-0.39, 0.29) is 0 Å². The van der Waals surface area contributed by atoms with Crippen LogP contribution in [0.25, 0.3) is 0 Å². The maximum atomic E-state index is 2.64. The Hall–Kier alpha value is -0.0800. The number of hydrogen-bond acceptors (Lipinski definition) is 2. The van der Waals surface area contributed by atoms with E-state index in [4.69, 9.17) is 0 Å². The SMILES string of the molecule is CCC1CN(CCN2CCCCC2)C1. The van der Waals surface area contributed by atoms with Gasteiger partial charge in [0.2, 0.25) is 0 Å². The summed E-state index contributed by atoms with van der Waals surface area (Å²) in [7, 11) is 0. The number of hydrogen-bond donors (Lipinski definition) is 0. The highest BCUT2D eigenvalue weighted by Gasteiger charge is 2.24. The lowest BCUT2D eigenvalue weighted by Gasteiger charge is -2.40. The molecular weight excluding hydrogens is 172 g/mol. The zero-order valence-electron chi connectivity index (χ0n) is 9.54. The molecule has 2 heterocycles. The van der Waals surface area contributed by atoms with E-state index in [0.29, 0.717) is 0 Å². The highest BCUT2D eigenvalue weighted by Crippen LogP contribution is 2.18. The van der Waals surface area contributed by atoms with Gasteiger partial charge in [-0.25, -0.2) is 0 Å². The minimum absolute atomic E-state index is 1.01. The molecule has 0 radical (unpaired) electrons.